The second-order valence-corrected chi connectivity index (χ2v) is 2.82. The van der Waals surface area contributed by atoms with Crippen molar-refractivity contribution in [3.05, 3.63) is 18.1 Å². The van der Waals surface area contributed by atoms with Gasteiger partial charge in [0, 0.05) is 13.1 Å². The largest absolute Gasteiger partial charge is 0.384 e. The number of anilines is 1. The first-order chi connectivity index (χ1) is 5.68. The molecule has 0 amide bonds. The van der Waals surface area contributed by atoms with Crippen molar-refractivity contribution < 1.29 is 0 Å². The van der Waals surface area contributed by atoms with E-state index in [2.05, 4.69) is 9.97 Å². The topological polar surface area (TPSA) is 56.7 Å². The van der Waals surface area contributed by atoms with Gasteiger partial charge in [-0.3, -0.25) is 0 Å². The number of aromatic nitrogens is 3. The Labute approximate surface area is 70.0 Å². The van der Waals surface area contributed by atoms with Crippen LogP contribution in [0.15, 0.2) is 12.3 Å². The molecule has 2 aromatic heterocycles. The Hall–Kier alpha value is -1.58. The molecule has 0 fully saturated rings. The van der Waals surface area contributed by atoms with E-state index in [0.29, 0.717) is 5.82 Å². The van der Waals surface area contributed by atoms with Gasteiger partial charge in [0.05, 0.1) is 17.2 Å². The third-order valence-corrected chi connectivity index (χ3v) is 2.01. The van der Waals surface area contributed by atoms with Gasteiger partial charge < -0.3 is 10.3 Å². The van der Waals surface area contributed by atoms with Crippen molar-refractivity contribution in [2.75, 3.05) is 5.73 Å². The fourth-order valence-corrected chi connectivity index (χ4v) is 1.22. The van der Waals surface area contributed by atoms with Crippen molar-refractivity contribution in [1.29, 1.82) is 0 Å². The van der Waals surface area contributed by atoms with Crippen LogP contribution in [-0.2, 0) is 7.05 Å². The molecule has 2 heterocycles. The van der Waals surface area contributed by atoms with Gasteiger partial charge in [0.2, 0.25) is 0 Å². The van der Waals surface area contributed by atoms with Crippen molar-refractivity contribution in [2.24, 2.45) is 7.05 Å². The minimum absolute atomic E-state index is 0.514. The second-order valence-electron chi connectivity index (χ2n) is 2.82. The van der Waals surface area contributed by atoms with Gasteiger partial charge in [-0.1, -0.05) is 0 Å². The maximum atomic E-state index is 5.52. The van der Waals surface area contributed by atoms with E-state index in [0.717, 1.165) is 16.9 Å². The first kappa shape index (κ1) is 7.09. The average Bonchev–Trinajstić information content (AvgIpc) is 2.28. The monoisotopic (exact) mass is 162 g/mol. The van der Waals surface area contributed by atoms with Gasteiger partial charge in [-0.05, 0) is 6.92 Å². The Kier molecular flexibility index (Phi) is 1.30. The van der Waals surface area contributed by atoms with Crippen LogP contribution >= 0.6 is 0 Å². The van der Waals surface area contributed by atoms with Crippen molar-refractivity contribution in [3.8, 4) is 0 Å². The summed E-state index contributed by atoms with van der Waals surface area (Å²) in [5.41, 5.74) is 7.44. The Morgan fingerprint density at radius 3 is 3.00 bits per heavy atom. The van der Waals surface area contributed by atoms with Gasteiger partial charge in [0.15, 0.2) is 0 Å². The van der Waals surface area contributed by atoms with Crippen molar-refractivity contribution in [3.63, 3.8) is 0 Å². The number of pyridine rings is 1. The highest BCUT2D eigenvalue weighted by atomic mass is 15.1. The zero-order chi connectivity index (χ0) is 8.72. The zero-order valence-corrected chi connectivity index (χ0v) is 7.07. The van der Waals surface area contributed by atoms with E-state index in [4.69, 9.17) is 5.73 Å². The number of nitrogens with two attached hydrogens (primary N) is 1. The molecule has 0 aliphatic heterocycles. The molecular weight excluding hydrogens is 152 g/mol. The number of nitrogen functional groups attached to an aromatic ring is 1. The Morgan fingerprint density at radius 2 is 2.25 bits per heavy atom. The molecule has 0 saturated heterocycles. The normalized spacial score (nSPS) is 10.8. The van der Waals surface area contributed by atoms with E-state index in [-0.39, 0.29) is 0 Å². The lowest BCUT2D eigenvalue weighted by molar-refractivity contribution is 0.884. The molecule has 0 saturated carbocycles. The molecule has 12 heavy (non-hydrogen) atoms. The molecule has 62 valence electrons. The van der Waals surface area contributed by atoms with Crippen molar-refractivity contribution in [1.82, 2.24) is 14.5 Å². The zero-order valence-electron chi connectivity index (χ0n) is 7.07. The average molecular weight is 162 g/mol. The molecule has 0 unspecified atom stereocenters. The SMILES string of the molecule is Cc1nc2cc(N)ncc2n1C. The summed E-state index contributed by atoms with van der Waals surface area (Å²) < 4.78 is 1.99. The van der Waals surface area contributed by atoms with Crippen LogP contribution in [0.3, 0.4) is 0 Å². The van der Waals surface area contributed by atoms with Crippen molar-refractivity contribution >= 4 is 16.9 Å². The van der Waals surface area contributed by atoms with Crippen LogP contribution in [0.1, 0.15) is 5.82 Å². The third kappa shape index (κ3) is 0.845. The molecule has 0 aromatic carbocycles. The van der Waals surface area contributed by atoms with E-state index in [1.165, 1.54) is 0 Å². The molecule has 0 aliphatic rings. The summed E-state index contributed by atoms with van der Waals surface area (Å²) in [6.45, 7) is 1.95. The molecule has 4 heteroatoms. The number of hydrogen-bond acceptors (Lipinski definition) is 3. The van der Waals surface area contributed by atoms with Crippen LogP contribution in [0.2, 0.25) is 0 Å². The van der Waals surface area contributed by atoms with E-state index < -0.39 is 0 Å². The van der Waals surface area contributed by atoms with Gasteiger partial charge in [-0.15, -0.1) is 0 Å². The number of aryl methyl sites for hydroxylation is 2. The van der Waals surface area contributed by atoms with Gasteiger partial charge in [0.1, 0.15) is 11.6 Å². The molecule has 2 aromatic rings. The van der Waals surface area contributed by atoms with E-state index in [9.17, 15) is 0 Å². The second kappa shape index (κ2) is 2.20. The van der Waals surface area contributed by atoms with Crippen LogP contribution in [-0.4, -0.2) is 14.5 Å². The predicted octanol–water partition coefficient (Wildman–Crippen LogP) is 0.859. The maximum absolute atomic E-state index is 5.52. The fourth-order valence-electron chi connectivity index (χ4n) is 1.22. The van der Waals surface area contributed by atoms with Crippen molar-refractivity contribution in [2.45, 2.75) is 6.92 Å². The first-order valence-electron chi connectivity index (χ1n) is 3.73. The minimum atomic E-state index is 0.514. The highest BCUT2D eigenvalue weighted by Crippen LogP contribution is 2.14. The number of fused-ring (bicyclic) bond motifs is 1. The number of hydrogen-bond donors (Lipinski definition) is 1. The van der Waals surface area contributed by atoms with Gasteiger partial charge >= 0.3 is 0 Å². The minimum Gasteiger partial charge on any atom is -0.384 e. The lowest BCUT2D eigenvalue weighted by Crippen LogP contribution is -1.92. The van der Waals surface area contributed by atoms with Gasteiger partial charge in [0.25, 0.3) is 0 Å². The van der Waals surface area contributed by atoms with Crippen LogP contribution in [0.25, 0.3) is 11.0 Å². The number of nitrogens with zero attached hydrogens (tertiary/aromatic N) is 3. The van der Waals surface area contributed by atoms with Crippen LogP contribution in [0.4, 0.5) is 5.82 Å². The Balaban J connectivity index is 2.87. The molecule has 4 nitrogen and oxygen atoms in total. The van der Waals surface area contributed by atoms with E-state index in [1.54, 1.807) is 12.3 Å². The summed E-state index contributed by atoms with van der Waals surface area (Å²) >= 11 is 0. The first-order valence-corrected chi connectivity index (χ1v) is 3.73. The highest BCUT2D eigenvalue weighted by Gasteiger charge is 2.03. The summed E-state index contributed by atoms with van der Waals surface area (Å²) in [5.74, 6) is 1.48. The fraction of sp³-hybridized carbons (Fsp3) is 0.250. The predicted molar refractivity (Wildman–Crippen MR) is 47.7 cm³/mol. The van der Waals surface area contributed by atoms with Gasteiger partial charge in [-0.2, -0.15) is 0 Å². The molecule has 0 atom stereocenters. The molecular formula is C8H10N4. The summed E-state index contributed by atoms with van der Waals surface area (Å²) in [5, 5.41) is 0. The Morgan fingerprint density at radius 1 is 1.50 bits per heavy atom. The molecule has 2 N–H and O–H groups in total. The lowest BCUT2D eigenvalue weighted by atomic mass is 10.4. The molecule has 2 rings (SSSR count). The van der Waals surface area contributed by atoms with Gasteiger partial charge in [-0.25, -0.2) is 9.97 Å². The summed E-state index contributed by atoms with van der Waals surface area (Å²) in [4.78, 5) is 8.31. The quantitative estimate of drug-likeness (QED) is 0.625. The highest BCUT2D eigenvalue weighted by molar-refractivity contribution is 5.77. The smallest absolute Gasteiger partial charge is 0.125 e. The lowest BCUT2D eigenvalue weighted by Gasteiger charge is -1.95. The summed E-state index contributed by atoms with van der Waals surface area (Å²) in [6.07, 6.45) is 1.74. The molecule has 0 spiro atoms. The van der Waals surface area contributed by atoms with Crippen LogP contribution in [0, 0.1) is 6.92 Å². The number of rotatable bonds is 0. The summed E-state index contributed by atoms with van der Waals surface area (Å²) in [7, 11) is 1.96. The molecule has 0 aliphatic carbocycles. The van der Waals surface area contributed by atoms with E-state index >= 15 is 0 Å². The van der Waals surface area contributed by atoms with Crippen LogP contribution in [0.5, 0.6) is 0 Å². The van der Waals surface area contributed by atoms with E-state index in [1.807, 2.05) is 18.5 Å². The molecule has 0 bridgehead atoms. The maximum Gasteiger partial charge on any atom is 0.125 e. The molecule has 0 radical (unpaired) electrons. The Bertz CT molecular complexity index is 430. The number of imidazole rings is 1. The van der Waals surface area contributed by atoms with Crippen LogP contribution < -0.4 is 5.73 Å². The summed E-state index contributed by atoms with van der Waals surface area (Å²) in [6, 6.07) is 1.78. The standard InChI is InChI=1S/C8H10N4/c1-5-11-6-3-8(9)10-4-7(6)12(5)2/h3-4H,1-2H3,(H2,9,10). The third-order valence-electron chi connectivity index (χ3n) is 2.01.